The Morgan fingerprint density at radius 3 is 2.46 bits per heavy atom. The van der Waals surface area contributed by atoms with Crippen molar-refractivity contribution in [1.29, 1.82) is 0 Å². The van der Waals surface area contributed by atoms with Crippen molar-refractivity contribution in [2.75, 3.05) is 0 Å². The van der Waals surface area contributed by atoms with Gasteiger partial charge >= 0.3 is 5.97 Å². The highest BCUT2D eigenvalue weighted by molar-refractivity contribution is 6.74. The fourth-order valence-electron chi connectivity index (χ4n) is 4.64. The number of hydrogen-bond acceptors (Lipinski definition) is 6. The summed E-state index contributed by atoms with van der Waals surface area (Å²) in [7, 11) is -2.15. The van der Waals surface area contributed by atoms with Crippen molar-refractivity contribution in [3.8, 4) is 0 Å². The Morgan fingerprint density at radius 1 is 1.16 bits per heavy atom. The van der Waals surface area contributed by atoms with Gasteiger partial charge in [0.2, 0.25) is 0 Å². The molecule has 1 fully saturated rings. The summed E-state index contributed by atoms with van der Waals surface area (Å²) in [5.74, 6) is -0.483. The smallest absolute Gasteiger partial charge is 0.308 e. The van der Waals surface area contributed by atoms with Crippen molar-refractivity contribution in [2.24, 2.45) is 5.92 Å². The second kappa shape index (κ2) is 11.8. The standard InChI is InChI=1S/C30H44O6Si/c1-21-14-15-25-30(6,35-28(33-25)23-12-10-9-11-13-23)18-16-24(36-37(7,8)29(3,4)5)20-26(32)34-27(21)22(2)17-19-31/h9-15,17,19,21,24-25,27-28H,16,18,20H2,1-8H3/b15-14+,22-17+/t21-,24?,25-,27-,28?,30+/m0/s1. The summed E-state index contributed by atoms with van der Waals surface area (Å²) < 4.78 is 25.7. The molecule has 1 aromatic carbocycles. The third-order valence-electron chi connectivity index (χ3n) is 8.05. The zero-order chi connectivity index (χ0) is 27.4. The molecule has 1 saturated heterocycles. The predicted octanol–water partition coefficient (Wildman–Crippen LogP) is 6.68. The Balaban J connectivity index is 1.97. The number of esters is 1. The van der Waals surface area contributed by atoms with Gasteiger partial charge in [0.15, 0.2) is 14.6 Å². The number of aldehydes is 1. The predicted molar refractivity (Wildman–Crippen MR) is 147 cm³/mol. The largest absolute Gasteiger partial charge is 0.457 e. The zero-order valence-electron chi connectivity index (χ0n) is 23.7. The molecule has 2 aliphatic rings. The number of hydrogen-bond donors (Lipinski definition) is 0. The van der Waals surface area contributed by atoms with Gasteiger partial charge in [-0.3, -0.25) is 9.59 Å². The maximum Gasteiger partial charge on any atom is 0.308 e. The van der Waals surface area contributed by atoms with Crippen LogP contribution >= 0.6 is 0 Å². The topological polar surface area (TPSA) is 71.1 Å². The molecule has 0 saturated carbocycles. The number of rotatable bonds is 5. The van der Waals surface area contributed by atoms with Crippen LogP contribution in [0.15, 0.2) is 54.1 Å². The number of benzene rings is 1. The molecule has 2 unspecified atom stereocenters. The Bertz CT molecular complexity index is 995. The van der Waals surface area contributed by atoms with Gasteiger partial charge in [-0.1, -0.05) is 70.2 Å². The molecular formula is C30H44O6Si. The highest BCUT2D eigenvalue weighted by atomic mass is 28.4. The summed E-state index contributed by atoms with van der Waals surface area (Å²) in [5, 5.41) is 0.00147. The molecule has 7 heteroatoms. The first kappa shape index (κ1) is 29.5. The maximum absolute atomic E-state index is 13.2. The van der Waals surface area contributed by atoms with E-state index < -0.39 is 26.3 Å². The summed E-state index contributed by atoms with van der Waals surface area (Å²) in [6.45, 7) is 16.9. The number of allylic oxidation sites excluding steroid dienone is 1. The molecule has 0 aromatic heterocycles. The third kappa shape index (κ3) is 7.28. The molecule has 2 aliphatic heterocycles. The van der Waals surface area contributed by atoms with Gasteiger partial charge in [0.1, 0.15) is 18.5 Å². The van der Waals surface area contributed by atoms with E-state index in [9.17, 15) is 9.59 Å². The van der Waals surface area contributed by atoms with Gasteiger partial charge in [-0.15, -0.1) is 0 Å². The van der Waals surface area contributed by atoms with Crippen LogP contribution in [0.3, 0.4) is 0 Å². The summed E-state index contributed by atoms with van der Waals surface area (Å²) in [6.07, 6.45) is 6.04. The minimum atomic E-state index is -2.15. The Kier molecular flexibility index (Phi) is 9.38. The number of ether oxygens (including phenoxy) is 3. The van der Waals surface area contributed by atoms with Crippen LogP contribution < -0.4 is 0 Å². The van der Waals surface area contributed by atoms with Gasteiger partial charge < -0.3 is 18.6 Å². The summed E-state index contributed by atoms with van der Waals surface area (Å²) in [4.78, 5) is 24.4. The van der Waals surface area contributed by atoms with E-state index in [4.69, 9.17) is 18.6 Å². The lowest BCUT2D eigenvalue weighted by atomic mass is 9.89. The lowest BCUT2D eigenvalue weighted by Crippen LogP contribution is -2.45. The normalized spacial score (nSPS) is 33.0. The molecule has 0 aliphatic carbocycles. The van der Waals surface area contributed by atoms with Crippen LogP contribution in [-0.2, 0) is 28.2 Å². The zero-order valence-corrected chi connectivity index (χ0v) is 24.7. The van der Waals surface area contributed by atoms with Crippen molar-refractivity contribution in [2.45, 2.75) is 109 Å². The molecule has 6 atom stereocenters. The summed E-state index contributed by atoms with van der Waals surface area (Å²) >= 11 is 0. The molecule has 3 rings (SSSR count). The first-order chi connectivity index (χ1) is 17.3. The second-order valence-electron chi connectivity index (χ2n) is 12.2. The molecule has 0 bridgehead atoms. The third-order valence-corrected chi connectivity index (χ3v) is 12.6. The average Bonchev–Trinajstić information content (AvgIpc) is 3.15. The quantitative estimate of drug-likeness (QED) is 0.140. The van der Waals surface area contributed by atoms with Crippen LogP contribution in [0.5, 0.6) is 0 Å². The highest BCUT2D eigenvalue weighted by Crippen LogP contribution is 2.44. The number of carbonyl (C=O) groups excluding carboxylic acids is 2. The molecule has 6 nitrogen and oxygen atoms in total. The monoisotopic (exact) mass is 528 g/mol. The molecule has 0 N–H and O–H groups in total. The molecular weight excluding hydrogens is 484 g/mol. The van der Waals surface area contributed by atoms with Crippen molar-refractivity contribution in [3.05, 3.63) is 59.7 Å². The molecule has 1 aromatic rings. The molecule has 204 valence electrons. The molecule has 0 amide bonds. The Labute approximate surface area is 223 Å². The Morgan fingerprint density at radius 2 is 1.84 bits per heavy atom. The van der Waals surface area contributed by atoms with Crippen molar-refractivity contribution in [3.63, 3.8) is 0 Å². The van der Waals surface area contributed by atoms with E-state index in [0.717, 1.165) is 11.8 Å². The van der Waals surface area contributed by atoms with E-state index in [-0.39, 0.29) is 35.6 Å². The molecule has 0 spiro atoms. The minimum absolute atomic E-state index is 0.00147. The minimum Gasteiger partial charge on any atom is -0.457 e. The van der Waals surface area contributed by atoms with E-state index in [2.05, 4.69) is 40.8 Å². The van der Waals surface area contributed by atoms with Gasteiger partial charge in [0, 0.05) is 11.5 Å². The number of carbonyl (C=O) groups is 2. The molecule has 2 heterocycles. The van der Waals surface area contributed by atoms with Gasteiger partial charge in [-0.25, -0.2) is 0 Å². The fourth-order valence-corrected chi connectivity index (χ4v) is 6.02. The average molecular weight is 529 g/mol. The second-order valence-corrected chi connectivity index (χ2v) is 16.9. The fraction of sp³-hybridized carbons (Fsp3) is 0.600. The van der Waals surface area contributed by atoms with Crippen LogP contribution in [0.4, 0.5) is 0 Å². The number of fused-ring (bicyclic) bond motifs is 1. The van der Waals surface area contributed by atoms with E-state index in [1.807, 2.05) is 56.3 Å². The Hall–Kier alpha value is -2.06. The van der Waals surface area contributed by atoms with Gasteiger partial charge in [0.25, 0.3) is 0 Å². The van der Waals surface area contributed by atoms with Crippen molar-refractivity contribution in [1.82, 2.24) is 0 Å². The molecule has 37 heavy (non-hydrogen) atoms. The maximum atomic E-state index is 13.2. The van der Waals surface area contributed by atoms with Crippen LogP contribution in [0.2, 0.25) is 18.1 Å². The first-order valence-corrected chi connectivity index (χ1v) is 16.2. The van der Waals surface area contributed by atoms with Crippen LogP contribution in [-0.4, -0.2) is 44.5 Å². The van der Waals surface area contributed by atoms with Crippen molar-refractivity contribution >= 4 is 20.6 Å². The van der Waals surface area contributed by atoms with Crippen LogP contribution in [0, 0.1) is 5.92 Å². The van der Waals surface area contributed by atoms with Gasteiger partial charge in [0.05, 0.1) is 18.1 Å². The first-order valence-electron chi connectivity index (χ1n) is 13.3. The van der Waals surface area contributed by atoms with Gasteiger partial charge in [-0.2, -0.15) is 0 Å². The van der Waals surface area contributed by atoms with Gasteiger partial charge in [-0.05, 0) is 56.5 Å². The van der Waals surface area contributed by atoms with Crippen LogP contribution in [0.25, 0.3) is 0 Å². The van der Waals surface area contributed by atoms with Crippen LogP contribution in [0.1, 0.15) is 72.7 Å². The number of cyclic esters (lactones) is 1. The molecule has 0 radical (unpaired) electrons. The lowest BCUT2D eigenvalue weighted by molar-refractivity contribution is -0.151. The summed E-state index contributed by atoms with van der Waals surface area (Å²) in [6, 6.07) is 9.94. The van der Waals surface area contributed by atoms with E-state index in [1.54, 1.807) is 0 Å². The summed E-state index contributed by atoms with van der Waals surface area (Å²) in [5.41, 5.74) is 1.07. The van der Waals surface area contributed by atoms with E-state index in [0.29, 0.717) is 18.4 Å². The highest BCUT2D eigenvalue weighted by Gasteiger charge is 2.47. The van der Waals surface area contributed by atoms with E-state index >= 15 is 0 Å². The lowest BCUT2D eigenvalue weighted by Gasteiger charge is -2.40. The SMILES string of the molecule is C/C(=C\C=O)[C@H]1OC(=O)CC(O[Si](C)(C)C(C)(C)C)CC[C@@]2(C)OC(c3ccccc3)O[C@H]2/C=C/[C@@H]1C. The van der Waals surface area contributed by atoms with E-state index in [1.165, 1.54) is 6.08 Å². The van der Waals surface area contributed by atoms with Crippen molar-refractivity contribution < 1.29 is 28.2 Å².